The second-order valence-corrected chi connectivity index (χ2v) is 8.69. The van der Waals surface area contributed by atoms with Crippen molar-refractivity contribution in [2.75, 3.05) is 19.8 Å². The molecule has 2 aromatic rings. The maximum Gasteiger partial charge on any atom is 0.407 e. The average molecular weight is 467 g/mol. The van der Waals surface area contributed by atoms with E-state index in [1.165, 1.54) is 0 Å². The molecule has 2 unspecified atom stereocenters. The van der Waals surface area contributed by atoms with Crippen molar-refractivity contribution in [1.82, 2.24) is 10.6 Å². The summed E-state index contributed by atoms with van der Waals surface area (Å²) in [5.74, 6) is -1.58. The van der Waals surface area contributed by atoms with Gasteiger partial charge in [-0.15, -0.1) is 0 Å². The van der Waals surface area contributed by atoms with E-state index < -0.39 is 24.0 Å². The summed E-state index contributed by atoms with van der Waals surface area (Å²) in [7, 11) is 0. The van der Waals surface area contributed by atoms with Gasteiger partial charge in [-0.3, -0.25) is 9.59 Å². The molecule has 3 N–H and O–H groups in total. The zero-order valence-electron chi connectivity index (χ0n) is 19.0. The van der Waals surface area contributed by atoms with Crippen molar-refractivity contribution in [1.29, 1.82) is 0 Å². The minimum absolute atomic E-state index is 0.0309. The molecule has 2 aromatic carbocycles. The summed E-state index contributed by atoms with van der Waals surface area (Å²) < 4.78 is 11.1. The molecule has 0 radical (unpaired) electrons. The van der Waals surface area contributed by atoms with E-state index >= 15 is 0 Å². The number of ether oxygens (including phenoxy) is 2. The molecule has 2 aliphatic rings. The number of hydrogen-bond acceptors (Lipinski definition) is 5. The smallest absolute Gasteiger partial charge is 0.407 e. The number of fused-ring (bicyclic) bond motifs is 3. The fourth-order valence-corrected chi connectivity index (χ4v) is 4.62. The number of carboxylic acids is 1. The van der Waals surface area contributed by atoms with Crippen molar-refractivity contribution in [3.8, 4) is 11.1 Å². The number of nitrogens with one attached hydrogen (secondary N) is 2. The Hall–Kier alpha value is -3.39. The van der Waals surface area contributed by atoms with Crippen LogP contribution in [0.25, 0.3) is 11.1 Å². The molecule has 0 spiro atoms. The summed E-state index contributed by atoms with van der Waals surface area (Å²) in [5, 5.41) is 14.4. The fourth-order valence-electron chi connectivity index (χ4n) is 4.62. The molecule has 34 heavy (non-hydrogen) atoms. The van der Waals surface area contributed by atoms with Crippen molar-refractivity contribution in [2.45, 2.75) is 50.2 Å². The third kappa shape index (κ3) is 5.75. The number of hydrogen-bond donors (Lipinski definition) is 3. The second-order valence-electron chi connectivity index (χ2n) is 8.69. The number of aliphatic carboxylic acids is 1. The van der Waals surface area contributed by atoms with Gasteiger partial charge < -0.3 is 25.2 Å². The fraction of sp³-hybridized carbons (Fsp3) is 0.423. The summed E-state index contributed by atoms with van der Waals surface area (Å²) in [6.07, 6.45) is 1.82. The number of alkyl carbamates (subject to hydrolysis) is 1. The number of rotatable bonds is 9. The molecule has 1 aliphatic heterocycles. The van der Waals surface area contributed by atoms with Gasteiger partial charge in [0.05, 0.1) is 6.10 Å². The van der Waals surface area contributed by atoms with Gasteiger partial charge in [0, 0.05) is 25.5 Å². The van der Waals surface area contributed by atoms with Crippen molar-refractivity contribution >= 4 is 18.0 Å². The van der Waals surface area contributed by atoms with Gasteiger partial charge in [0.2, 0.25) is 5.91 Å². The number of carboxylic acid groups (broad SMARTS) is 1. The number of amides is 2. The van der Waals surface area contributed by atoms with Gasteiger partial charge in [0.1, 0.15) is 12.6 Å². The first-order valence-electron chi connectivity index (χ1n) is 11.8. The molecular formula is C26H30N2O6. The maximum atomic E-state index is 12.7. The van der Waals surface area contributed by atoms with E-state index in [0.717, 1.165) is 41.5 Å². The molecule has 0 aromatic heterocycles. The van der Waals surface area contributed by atoms with E-state index in [2.05, 4.69) is 22.8 Å². The van der Waals surface area contributed by atoms with Crippen LogP contribution in [0.15, 0.2) is 48.5 Å². The quantitative estimate of drug-likeness (QED) is 0.522. The third-order valence-corrected chi connectivity index (χ3v) is 6.38. The number of carbonyl (C=O) groups excluding carboxylic acids is 2. The van der Waals surface area contributed by atoms with Crippen LogP contribution in [0.3, 0.4) is 0 Å². The van der Waals surface area contributed by atoms with E-state index in [0.29, 0.717) is 13.2 Å². The van der Waals surface area contributed by atoms with Gasteiger partial charge in [-0.2, -0.15) is 0 Å². The SMILES string of the molecule is O=C(O)CCC(NC(=O)OCC1c2ccccc2-c2ccccc21)C(=O)NCC1CCCCO1. The average Bonchev–Trinajstić information content (AvgIpc) is 3.18. The van der Waals surface area contributed by atoms with Crippen molar-refractivity contribution in [3.63, 3.8) is 0 Å². The summed E-state index contributed by atoms with van der Waals surface area (Å²) in [4.78, 5) is 36.4. The van der Waals surface area contributed by atoms with Crippen molar-refractivity contribution < 1.29 is 29.0 Å². The lowest BCUT2D eigenvalue weighted by Crippen LogP contribution is -2.49. The monoisotopic (exact) mass is 466 g/mol. The van der Waals surface area contributed by atoms with E-state index in [9.17, 15) is 14.4 Å². The minimum atomic E-state index is -1.04. The zero-order chi connectivity index (χ0) is 23.9. The number of carbonyl (C=O) groups is 3. The van der Waals surface area contributed by atoms with Gasteiger partial charge >= 0.3 is 12.1 Å². The Labute approximate surface area is 198 Å². The van der Waals surface area contributed by atoms with E-state index in [1.807, 2.05) is 36.4 Å². The Balaban J connectivity index is 1.36. The highest BCUT2D eigenvalue weighted by atomic mass is 16.5. The highest BCUT2D eigenvalue weighted by molar-refractivity contribution is 5.86. The lowest BCUT2D eigenvalue weighted by Gasteiger charge is -2.24. The highest BCUT2D eigenvalue weighted by Gasteiger charge is 2.30. The lowest BCUT2D eigenvalue weighted by molar-refractivity contribution is -0.137. The minimum Gasteiger partial charge on any atom is -0.481 e. The lowest BCUT2D eigenvalue weighted by atomic mass is 9.98. The van der Waals surface area contributed by atoms with Gasteiger partial charge in [-0.1, -0.05) is 48.5 Å². The molecule has 0 bridgehead atoms. The summed E-state index contributed by atoms with van der Waals surface area (Å²) in [5.41, 5.74) is 4.42. The van der Waals surface area contributed by atoms with Crippen LogP contribution in [0.5, 0.6) is 0 Å². The third-order valence-electron chi connectivity index (χ3n) is 6.38. The molecule has 2 atom stereocenters. The summed E-state index contributed by atoms with van der Waals surface area (Å²) >= 11 is 0. The van der Waals surface area contributed by atoms with Gasteiger partial charge in [-0.25, -0.2) is 4.79 Å². The first-order valence-corrected chi connectivity index (χ1v) is 11.8. The predicted molar refractivity (Wildman–Crippen MR) is 125 cm³/mol. The largest absolute Gasteiger partial charge is 0.481 e. The molecule has 180 valence electrons. The van der Waals surface area contributed by atoms with E-state index in [1.54, 1.807) is 0 Å². The van der Waals surface area contributed by atoms with Gasteiger partial charge in [0.15, 0.2) is 0 Å². The first-order chi connectivity index (χ1) is 16.5. The van der Waals surface area contributed by atoms with Crippen molar-refractivity contribution in [3.05, 3.63) is 59.7 Å². The van der Waals surface area contributed by atoms with Crippen LogP contribution >= 0.6 is 0 Å². The van der Waals surface area contributed by atoms with Crippen LogP contribution in [-0.2, 0) is 19.1 Å². The van der Waals surface area contributed by atoms with Gasteiger partial charge in [0.25, 0.3) is 0 Å². The Morgan fingerprint density at radius 2 is 1.71 bits per heavy atom. The second kappa shape index (κ2) is 11.2. The maximum absolute atomic E-state index is 12.7. The standard InChI is InChI=1S/C26H30N2O6/c29-24(30)13-12-23(25(31)27-15-17-7-5-6-14-33-17)28-26(32)34-16-22-20-10-3-1-8-18(20)19-9-2-4-11-21(19)22/h1-4,8-11,17,22-23H,5-7,12-16H2,(H,27,31)(H,28,32)(H,29,30). The molecule has 2 amide bonds. The molecule has 1 fully saturated rings. The molecule has 4 rings (SSSR count). The Kier molecular flexibility index (Phi) is 7.80. The topological polar surface area (TPSA) is 114 Å². The Morgan fingerprint density at radius 3 is 2.32 bits per heavy atom. The highest BCUT2D eigenvalue weighted by Crippen LogP contribution is 2.44. The van der Waals surface area contributed by atoms with Crippen LogP contribution in [-0.4, -0.2) is 55.0 Å². The molecule has 8 heteroatoms. The van der Waals surface area contributed by atoms with Crippen LogP contribution in [0.4, 0.5) is 4.79 Å². The van der Waals surface area contributed by atoms with Crippen LogP contribution in [0.1, 0.15) is 49.1 Å². The van der Waals surface area contributed by atoms with Crippen molar-refractivity contribution in [2.24, 2.45) is 0 Å². The summed E-state index contributed by atoms with van der Waals surface area (Å²) in [6.45, 7) is 1.11. The van der Waals surface area contributed by atoms with Crippen LogP contribution in [0.2, 0.25) is 0 Å². The van der Waals surface area contributed by atoms with Crippen LogP contribution < -0.4 is 10.6 Å². The zero-order valence-corrected chi connectivity index (χ0v) is 19.0. The molecule has 1 aliphatic carbocycles. The molecule has 1 heterocycles. The van der Waals surface area contributed by atoms with E-state index in [-0.39, 0.29) is 31.5 Å². The first kappa shape index (κ1) is 23.8. The number of benzene rings is 2. The normalized spacial score (nSPS) is 17.8. The van der Waals surface area contributed by atoms with E-state index in [4.69, 9.17) is 14.6 Å². The molecule has 8 nitrogen and oxygen atoms in total. The Bertz CT molecular complexity index is 988. The molecule has 0 saturated carbocycles. The molecular weight excluding hydrogens is 436 g/mol. The molecule has 1 saturated heterocycles. The summed E-state index contributed by atoms with van der Waals surface area (Å²) in [6, 6.07) is 15.0. The van der Waals surface area contributed by atoms with Gasteiger partial charge in [-0.05, 0) is 47.9 Å². The Morgan fingerprint density at radius 1 is 1.03 bits per heavy atom. The van der Waals surface area contributed by atoms with Crippen LogP contribution in [0, 0.1) is 0 Å². The predicted octanol–water partition coefficient (Wildman–Crippen LogP) is 3.44.